The SMILES string of the molecule is CCNC(=O)c1ccc(C)c(NC(=O)C2CNC2)c1. The Labute approximate surface area is 112 Å². The van der Waals surface area contributed by atoms with Gasteiger partial charge in [-0.05, 0) is 31.5 Å². The molecule has 0 aromatic heterocycles. The van der Waals surface area contributed by atoms with Crippen molar-refractivity contribution < 1.29 is 9.59 Å². The smallest absolute Gasteiger partial charge is 0.251 e. The van der Waals surface area contributed by atoms with E-state index in [0.717, 1.165) is 18.7 Å². The summed E-state index contributed by atoms with van der Waals surface area (Å²) in [6.45, 7) is 5.82. The van der Waals surface area contributed by atoms with Crippen LogP contribution in [0.4, 0.5) is 5.69 Å². The molecule has 1 aromatic rings. The van der Waals surface area contributed by atoms with E-state index in [4.69, 9.17) is 0 Å². The summed E-state index contributed by atoms with van der Waals surface area (Å²) in [6.07, 6.45) is 0. The maximum atomic E-state index is 11.9. The van der Waals surface area contributed by atoms with Gasteiger partial charge >= 0.3 is 0 Å². The molecule has 0 aliphatic carbocycles. The van der Waals surface area contributed by atoms with Gasteiger partial charge in [-0.2, -0.15) is 0 Å². The van der Waals surface area contributed by atoms with Crippen molar-refractivity contribution in [2.75, 3.05) is 25.0 Å². The van der Waals surface area contributed by atoms with Gasteiger partial charge in [-0.3, -0.25) is 9.59 Å². The maximum absolute atomic E-state index is 11.9. The van der Waals surface area contributed by atoms with Gasteiger partial charge in [-0.1, -0.05) is 6.07 Å². The highest BCUT2D eigenvalue weighted by atomic mass is 16.2. The van der Waals surface area contributed by atoms with Crippen LogP contribution in [0.5, 0.6) is 0 Å². The van der Waals surface area contributed by atoms with Gasteiger partial charge in [-0.15, -0.1) is 0 Å². The molecule has 1 aromatic carbocycles. The molecular formula is C14H19N3O2. The number of anilines is 1. The Morgan fingerprint density at radius 1 is 1.37 bits per heavy atom. The molecule has 1 fully saturated rings. The minimum Gasteiger partial charge on any atom is -0.352 e. The Kier molecular flexibility index (Phi) is 4.16. The molecule has 3 N–H and O–H groups in total. The number of nitrogens with one attached hydrogen (secondary N) is 3. The predicted octanol–water partition coefficient (Wildman–Crippen LogP) is 0.903. The first-order valence-electron chi connectivity index (χ1n) is 6.52. The summed E-state index contributed by atoms with van der Waals surface area (Å²) in [7, 11) is 0. The summed E-state index contributed by atoms with van der Waals surface area (Å²) in [5.41, 5.74) is 2.23. The average molecular weight is 261 g/mol. The fraction of sp³-hybridized carbons (Fsp3) is 0.429. The maximum Gasteiger partial charge on any atom is 0.251 e. The molecule has 5 heteroatoms. The molecule has 5 nitrogen and oxygen atoms in total. The summed E-state index contributed by atoms with van der Waals surface area (Å²) < 4.78 is 0. The van der Waals surface area contributed by atoms with Crippen LogP contribution in [0, 0.1) is 12.8 Å². The Hall–Kier alpha value is -1.88. The highest BCUT2D eigenvalue weighted by Gasteiger charge is 2.25. The Balaban J connectivity index is 2.12. The molecular weight excluding hydrogens is 242 g/mol. The van der Waals surface area contributed by atoms with Crippen LogP contribution in [0.1, 0.15) is 22.8 Å². The van der Waals surface area contributed by atoms with Crippen LogP contribution >= 0.6 is 0 Å². The molecule has 2 rings (SSSR count). The Bertz CT molecular complexity index is 495. The van der Waals surface area contributed by atoms with Crippen LogP contribution in [0.25, 0.3) is 0 Å². The van der Waals surface area contributed by atoms with Crippen molar-refractivity contribution in [1.29, 1.82) is 0 Å². The van der Waals surface area contributed by atoms with E-state index in [0.29, 0.717) is 17.8 Å². The highest BCUT2D eigenvalue weighted by Crippen LogP contribution is 2.18. The third-order valence-corrected chi connectivity index (χ3v) is 3.25. The Morgan fingerprint density at radius 3 is 2.68 bits per heavy atom. The van der Waals surface area contributed by atoms with Crippen LogP contribution < -0.4 is 16.0 Å². The molecule has 2 amide bonds. The average Bonchev–Trinajstić information content (AvgIpc) is 2.30. The first-order valence-corrected chi connectivity index (χ1v) is 6.52. The standard InChI is InChI=1S/C14H19N3O2/c1-3-16-13(18)10-5-4-9(2)12(6-10)17-14(19)11-7-15-8-11/h4-6,11,15H,3,7-8H2,1-2H3,(H,16,18)(H,17,19). The van der Waals surface area contributed by atoms with Gasteiger partial charge in [0.05, 0.1) is 5.92 Å². The quantitative estimate of drug-likeness (QED) is 0.754. The second-order valence-electron chi connectivity index (χ2n) is 4.73. The minimum absolute atomic E-state index is 0.00917. The molecule has 1 saturated heterocycles. The van der Waals surface area contributed by atoms with Crippen molar-refractivity contribution in [3.05, 3.63) is 29.3 Å². The monoisotopic (exact) mass is 261 g/mol. The first kappa shape index (κ1) is 13.5. The van der Waals surface area contributed by atoms with Crippen LogP contribution in [0.2, 0.25) is 0 Å². The van der Waals surface area contributed by atoms with E-state index >= 15 is 0 Å². The molecule has 1 aliphatic heterocycles. The number of benzene rings is 1. The van der Waals surface area contributed by atoms with Crippen LogP contribution in [-0.2, 0) is 4.79 Å². The second-order valence-corrected chi connectivity index (χ2v) is 4.73. The van der Waals surface area contributed by atoms with Crippen molar-refractivity contribution in [3.63, 3.8) is 0 Å². The molecule has 0 unspecified atom stereocenters. The van der Waals surface area contributed by atoms with Crippen molar-refractivity contribution in [2.24, 2.45) is 5.92 Å². The molecule has 0 spiro atoms. The number of carbonyl (C=O) groups excluding carboxylic acids is 2. The van der Waals surface area contributed by atoms with Crippen molar-refractivity contribution in [3.8, 4) is 0 Å². The number of hydrogen-bond donors (Lipinski definition) is 3. The molecule has 1 aliphatic rings. The summed E-state index contributed by atoms with van der Waals surface area (Å²) in [5, 5.41) is 8.70. The molecule has 0 saturated carbocycles. The molecule has 0 bridgehead atoms. The van der Waals surface area contributed by atoms with E-state index in [9.17, 15) is 9.59 Å². The van der Waals surface area contributed by atoms with Crippen molar-refractivity contribution in [1.82, 2.24) is 10.6 Å². The number of aryl methyl sites for hydroxylation is 1. The van der Waals surface area contributed by atoms with Gasteiger partial charge in [-0.25, -0.2) is 0 Å². The van der Waals surface area contributed by atoms with Gasteiger partial charge in [0.25, 0.3) is 5.91 Å². The van der Waals surface area contributed by atoms with E-state index in [1.54, 1.807) is 12.1 Å². The topological polar surface area (TPSA) is 70.2 Å². The Morgan fingerprint density at radius 2 is 2.11 bits per heavy atom. The molecule has 0 atom stereocenters. The number of rotatable bonds is 4. The molecule has 1 heterocycles. The number of hydrogen-bond acceptors (Lipinski definition) is 3. The zero-order chi connectivity index (χ0) is 13.8. The van der Waals surface area contributed by atoms with Gasteiger partial charge < -0.3 is 16.0 Å². The fourth-order valence-corrected chi connectivity index (χ4v) is 1.87. The van der Waals surface area contributed by atoms with E-state index in [2.05, 4.69) is 16.0 Å². The van der Waals surface area contributed by atoms with Crippen LogP contribution in [0.15, 0.2) is 18.2 Å². The summed E-state index contributed by atoms with van der Waals surface area (Å²) >= 11 is 0. The van der Waals surface area contributed by atoms with Gasteiger partial charge in [0.1, 0.15) is 0 Å². The number of amides is 2. The lowest BCUT2D eigenvalue weighted by molar-refractivity contribution is -0.121. The van der Waals surface area contributed by atoms with E-state index in [-0.39, 0.29) is 17.7 Å². The summed E-state index contributed by atoms with van der Waals surface area (Å²) in [4.78, 5) is 23.7. The predicted molar refractivity (Wildman–Crippen MR) is 74.2 cm³/mol. The van der Waals surface area contributed by atoms with Crippen LogP contribution in [0.3, 0.4) is 0 Å². The summed E-state index contributed by atoms with van der Waals surface area (Å²) in [6, 6.07) is 5.34. The first-order chi connectivity index (χ1) is 9.11. The van der Waals surface area contributed by atoms with E-state index in [1.165, 1.54) is 0 Å². The third-order valence-electron chi connectivity index (χ3n) is 3.25. The molecule has 102 valence electrons. The lowest BCUT2D eigenvalue weighted by Gasteiger charge is -2.26. The molecule has 19 heavy (non-hydrogen) atoms. The van der Waals surface area contributed by atoms with E-state index in [1.807, 2.05) is 19.9 Å². The largest absolute Gasteiger partial charge is 0.352 e. The lowest BCUT2D eigenvalue weighted by Crippen LogP contribution is -2.48. The second kappa shape index (κ2) is 5.84. The van der Waals surface area contributed by atoms with Gasteiger partial charge in [0.2, 0.25) is 5.91 Å². The summed E-state index contributed by atoms with van der Waals surface area (Å²) in [5.74, 6) is -0.0780. The molecule has 0 radical (unpaired) electrons. The van der Waals surface area contributed by atoms with Crippen molar-refractivity contribution in [2.45, 2.75) is 13.8 Å². The zero-order valence-corrected chi connectivity index (χ0v) is 11.2. The van der Waals surface area contributed by atoms with Crippen LogP contribution in [-0.4, -0.2) is 31.4 Å². The minimum atomic E-state index is -0.122. The number of carbonyl (C=O) groups is 2. The van der Waals surface area contributed by atoms with Gasteiger partial charge in [0.15, 0.2) is 0 Å². The fourth-order valence-electron chi connectivity index (χ4n) is 1.87. The zero-order valence-electron chi connectivity index (χ0n) is 11.2. The normalized spacial score (nSPS) is 14.6. The third kappa shape index (κ3) is 3.12. The van der Waals surface area contributed by atoms with Crippen molar-refractivity contribution >= 4 is 17.5 Å². The van der Waals surface area contributed by atoms with Gasteiger partial charge in [0, 0.05) is 30.9 Å². The highest BCUT2D eigenvalue weighted by molar-refractivity contribution is 5.98. The lowest BCUT2D eigenvalue weighted by atomic mass is 10.0. The van der Waals surface area contributed by atoms with E-state index < -0.39 is 0 Å².